The van der Waals surface area contributed by atoms with Crippen LogP contribution in [0.15, 0.2) is 0 Å². The van der Waals surface area contributed by atoms with Gasteiger partial charge in [0.05, 0.1) is 16.1 Å². The minimum Gasteiger partial charge on any atom is -0.481 e. The molecule has 142 valence electrons. The van der Waals surface area contributed by atoms with Gasteiger partial charge in [0.15, 0.2) is 0 Å². The van der Waals surface area contributed by atoms with Crippen LogP contribution in [0.3, 0.4) is 0 Å². The Bertz CT molecular complexity index is 681. The first-order valence-corrected chi connectivity index (χ1v) is 10.6. The summed E-state index contributed by atoms with van der Waals surface area (Å²) in [6.45, 7) is 1.56. The molecule has 2 atom stereocenters. The SMILES string of the molecule is O=C(NCCCc1nc2c(s1)CCCC2)N1C[C@@H]2CCC[C@@]2(C(=O)O)C1. The van der Waals surface area contributed by atoms with Gasteiger partial charge in [-0.05, 0) is 50.9 Å². The lowest BCUT2D eigenvalue weighted by molar-refractivity contribution is -0.149. The number of carbonyl (C=O) groups is 2. The van der Waals surface area contributed by atoms with Crippen LogP contribution < -0.4 is 5.32 Å². The van der Waals surface area contributed by atoms with Crippen LogP contribution in [0.1, 0.15) is 54.1 Å². The molecule has 6 nitrogen and oxygen atoms in total. The summed E-state index contributed by atoms with van der Waals surface area (Å²) < 4.78 is 0. The molecule has 2 N–H and O–H groups in total. The fourth-order valence-electron chi connectivity index (χ4n) is 4.85. The number of likely N-dealkylation sites (tertiary alicyclic amines) is 1. The number of aliphatic carboxylic acids is 1. The molecule has 26 heavy (non-hydrogen) atoms. The summed E-state index contributed by atoms with van der Waals surface area (Å²) in [5.74, 6) is -0.615. The summed E-state index contributed by atoms with van der Waals surface area (Å²) in [7, 11) is 0. The maximum absolute atomic E-state index is 12.4. The van der Waals surface area contributed by atoms with E-state index in [2.05, 4.69) is 5.32 Å². The molecule has 0 aromatic carbocycles. The van der Waals surface area contributed by atoms with Crippen LogP contribution in [-0.2, 0) is 24.1 Å². The third-order valence-electron chi connectivity index (χ3n) is 6.32. The molecule has 1 aliphatic heterocycles. The smallest absolute Gasteiger partial charge is 0.317 e. The van der Waals surface area contributed by atoms with Gasteiger partial charge in [0.1, 0.15) is 0 Å². The first-order valence-electron chi connectivity index (χ1n) is 9.82. The zero-order valence-corrected chi connectivity index (χ0v) is 15.9. The van der Waals surface area contributed by atoms with Gasteiger partial charge in [-0.3, -0.25) is 4.79 Å². The van der Waals surface area contributed by atoms with E-state index in [1.165, 1.54) is 34.8 Å². The van der Waals surface area contributed by atoms with Crippen molar-refractivity contribution in [1.82, 2.24) is 15.2 Å². The number of nitrogens with zero attached hydrogens (tertiary/aromatic N) is 2. The van der Waals surface area contributed by atoms with E-state index in [1.54, 1.807) is 4.90 Å². The van der Waals surface area contributed by atoms with Crippen molar-refractivity contribution in [2.45, 2.75) is 57.8 Å². The number of aryl methyl sites for hydroxylation is 3. The highest BCUT2D eigenvalue weighted by Gasteiger charge is 2.55. The average Bonchev–Trinajstić information content (AvgIpc) is 3.29. The van der Waals surface area contributed by atoms with Crippen molar-refractivity contribution < 1.29 is 14.7 Å². The summed E-state index contributed by atoms with van der Waals surface area (Å²) in [6, 6.07) is -0.113. The van der Waals surface area contributed by atoms with Gasteiger partial charge in [-0.15, -0.1) is 11.3 Å². The number of amides is 2. The van der Waals surface area contributed by atoms with Crippen LogP contribution in [0, 0.1) is 11.3 Å². The molecule has 0 spiro atoms. The molecule has 1 saturated heterocycles. The number of hydrogen-bond donors (Lipinski definition) is 2. The van der Waals surface area contributed by atoms with Gasteiger partial charge in [-0.25, -0.2) is 9.78 Å². The van der Waals surface area contributed by atoms with Crippen molar-refractivity contribution in [3.8, 4) is 0 Å². The van der Waals surface area contributed by atoms with E-state index in [-0.39, 0.29) is 11.9 Å². The molecule has 1 aromatic rings. The van der Waals surface area contributed by atoms with Crippen LogP contribution in [0.4, 0.5) is 4.79 Å². The number of nitrogens with one attached hydrogen (secondary N) is 1. The summed E-state index contributed by atoms with van der Waals surface area (Å²) >= 11 is 1.83. The first-order chi connectivity index (χ1) is 12.6. The van der Waals surface area contributed by atoms with E-state index in [0.717, 1.165) is 32.1 Å². The average molecular weight is 378 g/mol. The van der Waals surface area contributed by atoms with Crippen LogP contribution in [0.5, 0.6) is 0 Å². The summed E-state index contributed by atoms with van der Waals surface area (Å²) in [5, 5.41) is 13.8. The van der Waals surface area contributed by atoms with Crippen LogP contribution in [0.2, 0.25) is 0 Å². The highest BCUT2D eigenvalue weighted by atomic mass is 32.1. The molecule has 1 saturated carbocycles. The van der Waals surface area contributed by atoms with Gasteiger partial charge >= 0.3 is 12.0 Å². The van der Waals surface area contributed by atoms with Gasteiger partial charge in [-0.2, -0.15) is 0 Å². The monoisotopic (exact) mass is 377 g/mol. The second kappa shape index (κ2) is 7.18. The molecule has 0 unspecified atom stereocenters. The van der Waals surface area contributed by atoms with Crippen molar-refractivity contribution in [1.29, 1.82) is 0 Å². The largest absolute Gasteiger partial charge is 0.481 e. The molecule has 2 amide bonds. The van der Waals surface area contributed by atoms with Crippen LogP contribution in [-0.4, -0.2) is 46.6 Å². The highest BCUT2D eigenvalue weighted by molar-refractivity contribution is 7.11. The molecule has 0 radical (unpaired) electrons. The normalized spacial score (nSPS) is 27.2. The number of carbonyl (C=O) groups excluding carboxylic acids is 1. The third-order valence-corrected chi connectivity index (χ3v) is 7.53. The number of rotatable bonds is 5. The van der Waals surface area contributed by atoms with Gasteiger partial charge in [-0.1, -0.05) is 6.42 Å². The maximum Gasteiger partial charge on any atom is 0.317 e. The Kier molecular flexibility index (Phi) is 4.90. The minimum absolute atomic E-state index is 0.113. The van der Waals surface area contributed by atoms with Crippen LogP contribution in [0.25, 0.3) is 0 Å². The first kappa shape index (κ1) is 17.8. The molecule has 7 heteroatoms. The molecular weight excluding hydrogens is 350 g/mol. The van der Waals surface area contributed by atoms with Gasteiger partial charge in [0.2, 0.25) is 0 Å². The second-order valence-electron chi connectivity index (χ2n) is 7.95. The number of hydrogen-bond acceptors (Lipinski definition) is 4. The quantitative estimate of drug-likeness (QED) is 0.773. The predicted octanol–water partition coefficient (Wildman–Crippen LogP) is 2.85. The number of carboxylic acid groups (broad SMARTS) is 1. The summed E-state index contributed by atoms with van der Waals surface area (Å²) in [4.78, 5) is 32.0. The lowest BCUT2D eigenvalue weighted by Gasteiger charge is -2.23. The van der Waals surface area contributed by atoms with Crippen molar-refractivity contribution in [3.05, 3.63) is 15.6 Å². The lowest BCUT2D eigenvalue weighted by Crippen LogP contribution is -2.42. The fourth-order valence-corrected chi connectivity index (χ4v) is 6.05. The predicted molar refractivity (Wildman–Crippen MR) is 99.5 cm³/mol. The molecule has 0 bridgehead atoms. The highest BCUT2D eigenvalue weighted by Crippen LogP contribution is 2.48. The van der Waals surface area contributed by atoms with Crippen molar-refractivity contribution in [2.75, 3.05) is 19.6 Å². The standard InChI is InChI=1S/C19H27N3O3S/c23-17(24)19-9-3-5-13(19)11-22(12-19)18(25)20-10-4-8-16-21-14-6-1-2-7-15(14)26-16/h13H,1-12H2,(H,20,25)(H,23,24)/t13-,19+/m0/s1. The maximum atomic E-state index is 12.4. The van der Waals surface area contributed by atoms with E-state index in [9.17, 15) is 14.7 Å². The third kappa shape index (κ3) is 3.21. The second-order valence-corrected chi connectivity index (χ2v) is 9.12. The van der Waals surface area contributed by atoms with E-state index < -0.39 is 11.4 Å². The van der Waals surface area contributed by atoms with Crippen molar-refractivity contribution in [2.24, 2.45) is 11.3 Å². The topological polar surface area (TPSA) is 82.5 Å². The van der Waals surface area contributed by atoms with E-state index >= 15 is 0 Å². The van der Waals surface area contributed by atoms with Crippen molar-refractivity contribution >= 4 is 23.3 Å². The Balaban J connectivity index is 1.23. The summed E-state index contributed by atoms with van der Waals surface area (Å²) in [5.41, 5.74) is 0.597. The Morgan fingerprint density at radius 2 is 2.15 bits per heavy atom. The van der Waals surface area contributed by atoms with Gasteiger partial charge < -0.3 is 15.3 Å². The van der Waals surface area contributed by atoms with Gasteiger partial charge in [0, 0.05) is 30.9 Å². The lowest BCUT2D eigenvalue weighted by atomic mass is 9.81. The minimum atomic E-state index is -0.733. The Labute approximate surface area is 158 Å². The fraction of sp³-hybridized carbons (Fsp3) is 0.737. The number of thiazole rings is 1. The molecule has 2 heterocycles. The zero-order valence-electron chi connectivity index (χ0n) is 15.1. The molecule has 2 fully saturated rings. The van der Waals surface area contributed by atoms with E-state index in [1.807, 2.05) is 11.3 Å². The number of fused-ring (bicyclic) bond motifs is 2. The summed E-state index contributed by atoms with van der Waals surface area (Å²) in [6.07, 6.45) is 9.18. The van der Waals surface area contributed by atoms with Crippen LogP contribution >= 0.6 is 11.3 Å². The number of aromatic nitrogens is 1. The molecule has 3 aliphatic rings. The Morgan fingerprint density at radius 3 is 2.92 bits per heavy atom. The van der Waals surface area contributed by atoms with Gasteiger partial charge in [0.25, 0.3) is 0 Å². The van der Waals surface area contributed by atoms with Crippen molar-refractivity contribution in [3.63, 3.8) is 0 Å². The molecule has 2 aliphatic carbocycles. The van der Waals surface area contributed by atoms with E-state index in [4.69, 9.17) is 4.98 Å². The Hall–Kier alpha value is -1.63. The zero-order chi connectivity index (χ0) is 18.1. The number of carboxylic acids is 1. The molecule has 4 rings (SSSR count). The number of urea groups is 1. The molecule has 1 aromatic heterocycles. The Morgan fingerprint density at radius 1 is 1.31 bits per heavy atom. The van der Waals surface area contributed by atoms with E-state index in [0.29, 0.717) is 26.1 Å². The molecular formula is C19H27N3O3S.